The molecule has 6 rings (SSSR count). The van der Waals surface area contributed by atoms with Crippen molar-refractivity contribution in [1.29, 1.82) is 0 Å². The average molecular weight is 584 g/mol. The Morgan fingerprint density at radius 1 is 1.07 bits per heavy atom. The van der Waals surface area contributed by atoms with E-state index in [0.29, 0.717) is 23.9 Å². The number of nitrogens with zero attached hydrogens (tertiary/aromatic N) is 4. The number of ether oxygens (including phenoxy) is 2. The zero-order valence-electron chi connectivity index (χ0n) is 24.1. The molecule has 10 heteroatoms. The first-order chi connectivity index (χ1) is 20.2. The van der Waals surface area contributed by atoms with Crippen LogP contribution in [0.5, 0.6) is 11.5 Å². The molecule has 0 saturated carbocycles. The van der Waals surface area contributed by atoms with Crippen LogP contribution in [0.1, 0.15) is 54.0 Å². The Hall–Kier alpha value is -4.31. The first-order valence-corrected chi connectivity index (χ1v) is 14.9. The Kier molecular flexibility index (Phi) is 7.40. The van der Waals surface area contributed by atoms with Crippen LogP contribution in [0, 0.1) is 6.92 Å². The lowest BCUT2D eigenvalue weighted by Gasteiger charge is -2.25. The lowest BCUT2D eigenvalue weighted by atomic mass is 9.87. The minimum atomic E-state index is -0.351. The Morgan fingerprint density at radius 3 is 2.60 bits per heavy atom. The van der Waals surface area contributed by atoms with E-state index < -0.39 is 0 Å². The van der Waals surface area contributed by atoms with Crippen LogP contribution < -0.4 is 19.7 Å². The summed E-state index contributed by atoms with van der Waals surface area (Å²) in [6.07, 6.45) is 3.38. The van der Waals surface area contributed by atoms with Crippen LogP contribution in [0.2, 0.25) is 0 Å². The summed E-state index contributed by atoms with van der Waals surface area (Å²) in [7, 11) is 0. The van der Waals surface area contributed by atoms with Gasteiger partial charge in [-0.1, -0.05) is 45.0 Å². The van der Waals surface area contributed by atoms with E-state index in [4.69, 9.17) is 14.6 Å². The monoisotopic (exact) mass is 583 g/mol. The third-order valence-electron chi connectivity index (χ3n) is 7.38. The second-order valence-corrected chi connectivity index (χ2v) is 12.5. The van der Waals surface area contributed by atoms with Gasteiger partial charge in [0.15, 0.2) is 11.5 Å². The number of nitrogens with one attached hydrogen (secondary N) is 1. The summed E-state index contributed by atoms with van der Waals surface area (Å²) in [5.74, 6) is 1.79. The number of fused-ring (bicyclic) bond motifs is 2. The fourth-order valence-electron chi connectivity index (χ4n) is 5.28. The van der Waals surface area contributed by atoms with Crippen molar-refractivity contribution in [1.82, 2.24) is 20.1 Å². The van der Waals surface area contributed by atoms with Crippen molar-refractivity contribution in [3.8, 4) is 17.2 Å². The van der Waals surface area contributed by atoms with Gasteiger partial charge in [0, 0.05) is 29.9 Å². The molecule has 2 aliphatic rings. The minimum absolute atomic E-state index is 0.132. The molecule has 1 N–H and O–H groups in total. The third-order valence-corrected chi connectivity index (χ3v) is 8.64. The van der Waals surface area contributed by atoms with Crippen molar-refractivity contribution in [3.05, 3.63) is 94.9 Å². The fourth-order valence-corrected chi connectivity index (χ4v) is 6.47. The number of carbonyl (C=O) groups excluding carboxylic acids is 2. The second-order valence-electron chi connectivity index (χ2n) is 11.4. The normalized spacial score (nSPS) is 16.2. The van der Waals surface area contributed by atoms with E-state index in [2.05, 4.69) is 31.1 Å². The van der Waals surface area contributed by atoms with Gasteiger partial charge in [-0.15, -0.1) is 11.8 Å². The van der Waals surface area contributed by atoms with Crippen molar-refractivity contribution in [2.45, 2.75) is 44.9 Å². The Bertz CT molecular complexity index is 1650. The van der Waals surface area contributed by atoms with Gasteiger partial charge in [0.1, 0.15) is 12.4 Å². The summed E-state index contributed by atoms with van der Waals surface area (Å²) < 4.78 is 13.1. The van der Waals surface area contributed by atoms with Crippen molar-refractivity contribution in [2.75, 3.05) is 24.0 Å². The molecule has 2 aliphatic heterocycles. The summed E-state index contributed by atoms with van der Waals surface area (Å²) in [6, 6.07) is 17.6. The quantitative estimate of drug-likeness (QED) is 0.338. The van der Waals surface area contributed by atoms with Crippen molar-refractivity contribution in [3.63, 3.8) is 0 Å². The topological polar surface area (TPSA) is 98.6 Å². The van der Waals surface area contributed by atoms with Gasteiger partial charge in [-0.25, -0.2) is 4.68 Å². The number of hydrogen-bond acceptors (Lipinski definition) is 7. The molecule has 216 valence electrons. The van der Waals surface area contributed by atoms with E-state index in [1.165, 1.54) is 11.8 Å². The second kappa shape index (κ2) is 11.2. The van der Waals surface area contributed by atoms with E-state index >= 15 is 0 Å². The van der Waals surface area contributed by atoms with Crippen LogP contribution in [0.25, 0.3) is 5.69 Å². The zero-order chi connectivity index (χ0) is 29.4. The highest BCUT2D eigenvalue weighted by Crippen LogP contribution is 2.50. The van der Waals surface area contributed by atoms with Crippen LogP contribution in [-0.4, -0.2) is 45.7 Å². The van der Waals surface area contributed by atoms with Crippen LogP contribution in [0.15, 0.2) is 67.0 Å². The maximum atomic E-state index is 13.9. The minimum Gasteiger partial charge on any atom is -0.454 e. The molecule has 1 unspecified atom stereocenters. The summed E-state index contributed by atoms with van der Waals surface area (Å²) in [5.41, 5.74) is 5.22. The van der Waals surface area contributed by atoms with Gasteiger partial charge in [-0.2, -0.15) is 5.10 Å². The molecule has 0 radical (unpaired) electrons. The molecule has 2 aromatic carbocycles. The standard InChI is InChI=1S/C32H33N5O4S/c1-20-7-5-6-8-23(20)37-31-28(30(35-37)32(2,3)4)29(22-9-10-24-25(15-22)41-19-40-24)42-18-27(39)36(31)17-26(38)34-16-21-11-13-33-14-12-21/h5-15,29H,16-19H2,1-4H3,(H,34,38). The molecule has 2 aromatic heterocycles. The Morgan fingerprint density at radius 2 is 1.83 bits per heavy atom. The molecule has 9 nitrogen and oxygen atoms in total. The number of hydrogen-bond donors (Lipinski definition) is 1. The number of pyridine rings is 1. The van der Waals surface area contributed by atoms with E-state index in [0.717, 1.165) is 33.6 Å². The van der Waals surface area contributed by atoms with Crippen LogP contribution in [-0.2, 0) is 21.5 Å². The summed E-state index contributed by atoms with van der Waals surface area (Å²) in [6.45, 7) is 8.78. The van der Waals surface area contributed by atoms with Gasteiger partial charge in [0.25, 0.3) is 0 Å². The molecular formula is C32H33N5O4S. The van der Waals surface area contributed by atoms with Crippen LogP contribution in [0.4, 0.5) is 5.82 Å². The molecule has 0 fully saturated rings. The number of thioether (sulfide) groups is 1. The van der Waals surface area contributed by atoms with Crippen LogP contribution >= 0.6 is 11.8 Å². The molecule has 0 saturated heterocycles. The fraction of sp³-hybridized carbons (Fsp3) is 0.312. The van der Waals surface area contributed by atoms with Crippen molar-refractivity contribution in [2.24, 2.45) is 0 Å². The smallest absolute Gasteiger partial charge is 0.240 e. The largest absolute Gasteiger partial charge is 0.454 e. The molecule has 2 amide bonds. The number of para-hydroxylation sites is 1. The molecule has 0 bridgehead atoms. The van der Waals surface area contributed by atoms with Gasteiger partial charge >= 0.3 is 0 Å². The molecule has 4 heterocycles. The van der Waals surface area contributed by atoms with E-state index in [1.807, 2.05) is 66.2 Å². The number of anilines is 1. The van der Waals surface area contributed by atoms with Crippen molar-refractivity contribution < 1.29 is 19.1 Å². The third kappa shape index (κ3) is 5.34. The van der Waals surface area contributed by atoms with Gasteiger partial charge in [-0.3, -0.25) is 19.5 Å². The van der Waals surface area contributed by atoms with Gasteiger partial charge in [-0.05, 0) is 53.9 Å². The predicted molar refractivity (Wildman–Crippen MR) is 162 cm³/mol. The lowest BCUT2D eigenvalue weighted by molar-refractivity contribution is -0.123. The highest BCUT2D eigenvalue weighted by molar-refractivity contribution is 8.00. The highest BCUT2D eigenvalue weighted by atomic mass is 32.2. The average Bonchev–Trinajstić information content (AvgIpc) is 3.58. The van der Waals surface area contributed by atoms with Crippen LogP contribution in [0.3, 0.4) is 0 Å². The number of benzene rings is 2. The summed E-state index contributed by atoms with van der Waals surface area (Å²) in [4.78, 5) is 32.9. The Balaban J connectivity index is 1.49. The summed E-state index contributed by atoms with van der Waals surface area (Å²) >= 11 is 1.54. The number of carbonyl (C=O) groups is 2. The highest BCUT2D eigenvalue weighted by Gasteiger charge is 2.40. The van der Waals surface area contributed by atoms with Gasteiger partial charge in [0.05, 0.1) is 22.4 Å². The number of rotatable bonds is 6. The zero-order valence-corrected chi connectivity index (χ0v) is 24.9. The molecule has 0 spiro atoms. The Labute approximate surface area is 249 Å². The number of aromatic nitrogens is 3. The number of amides is 2. The van der Waals surface area contributed by atoms with Gasteiger partial charge < -0.3 is 14.8 Å². The SMILES string of the molecule is Cc1ccccc1-n1nc(C(C)(C)C)c2c1N(CC(=O)NCc1ccncc1)C(=O)CSC2c1ccc2c(c1)OCO2. The maximum absolute atomic E-state index is 13.9. The van der Waals surface area contributed by atoms with Crippen molar-refractivity contribution >= 4 is 29.4 Å². The molecule has 4 aromatic rings. The first kappa shape index (κ1) is 27.8. The molecular weight excluding hydrogens is 550 g/mol. The van der Waals surface area contributed by atoms with E-state index in [-0.39, 0.29) is 41.6 Å². The predicted octanol–water partition coefficient (Wildman–Crippen LogP) is 5.09. The maximum Gasteiger partial charge on any atom is 0.240 e. The van der Waals surface area contributed by atoms with Gasteiger partial charge in [0.2, 0.25) is 18.6 Å². The molecule has 0 aliphatic carbocycles. The first-order valence-electron chi connectivity index (χ1n) is 13.9. The number of aryl methyl sites for hydroxylation is 1. The summed E-state index contributed by atoms with van der Waals surface area (Å²) in [5, 5.41) is 7.93. The van der Waals surface area contributed by atoms with E-state index in [1.54, 1.807) is 17.3 Å². The lowest BCUT2D eigenvalue weighted by Crippen LogP contribution is -2.42. The van der Waals surface area contributed by atoms with E-state index in [9.17, 15) is 9.59 Å². The molecule has 1 atom stereocenters. The molecule has 42 heavy (non-hydrogen) atoms.